The molecule has 3 amide bonds. The topological polar surface area (TPSA) is 165 Å². The fourth-order valence-corrected chi connectivity index (χ4v) is 8.32. The Morgan fingerprint density at radius 3 is 2.59 bits per heavy atom. The quantitative estimate of drug-likeness (QED) is 0.168. The number of benzene rings is 2. The predicted molar refractivity (Wildman–Crippen MR) is 223 cm³/mol. The van der Waals surface area contributed by atoms with E-state index >= 15 is 0 Å². The third-order valence-corrected chi connectivity index (χ3v) is 11.6. The van der Waals surface area contributed by atoms with Crippen LogP contribution in [0.1, 0.15) is 70.3 Å². The summed E-state index contributed by atoms with van der Waals surface area (Å²) < 4.78 is 13.1. The molecule has 6 aromatic rings. The van der Waals surface area contributed by atoms with Gasteiger partial charge in [0.05, 0.1) is 36.1 Å². The third kappa shape index (κ3) is 7.18. The minimum atomic E-state index is -0.471. The number of likely N-dealkylation sites (N-methyl/N-ethyl adjacent to an activating group) is 1. The van der Waals surface area contributed by atoms with Crippen LogP contribution < -0.4 is 26.0 Å². The van der Waals surface area contributed by atoms with E-state index in [0.717, 1.165) is 71.6 Å². The second-order valence-corrected chi connectivity index (χ2v) is 15.3. The molecule has 59 heavy (non-hydrogen) atoms. The number of nitrogens with zero attached hydrogens (tertiary/aromatic N) is 6. The maximum Gasteiger partial charge on any atom is 0.270 e. The summed E-state index contributed by atoms with van der Waals surface area (Å²) >= 11 is 0. The number of piperidine rings is 1. The first-order valence-corrected chi connectivity index (χ1v) is 19.8. The molecule has 9 rings (SSSR count). The fourth-order valence-electron chi connectivity index (χ4n) is 8.32. The Balaban J connectivity index is 0.914. The van der Waals surface area contributed by atoms with Crippen molar-refractivity contribution in [2.45, 2.75) is 44.4 Å². The van der Waals surface area contributed by atoms with E-state index in [1.165, 1.54) is 5.56 Å². The van der Waals surface area contributed by atoms with Crippen LogP contribution in [0.4, 0.5) is 17.2 Å². The standard InChI is InChI=1S/C45H42N8O6/c1-26-19-33-36(52(3)45(26)57)21-30(28-12-17-58-18-13-28)22-37(33)53-16-15-51(2)42-38(53)24-48-41(50-42)29-7-9-35(47-23-29)44(56)46-14-4-5-27-6-10-39-32(20-27)34(25-59-39)31-8-11-40(54)49-43(31)55/h6-7,9-10,19-25,28,31H,8,11-18H2,1-3H3,(H,46,56)(H,49,54,55). The molecule has 0 bridgehead atoms. The van der Waals surface area contributed by atoms with Crippen molar-refractivity contribution in [2.75, 3.05) is 49.7 Å². The number of aromatic nitrogens is 4. The van der Waals surface area contributed by atoms with Gasteiger partial charge in [-0.05, 0) is 86.2 Å². The van der Waals surface area contributed by atoms with Crippen LogP contribution >= 0.6 is 0 Å². The van der Waals surface area contributed by atoms with Gasteiger partial charge >= 0.3 is 0 Å². The van der Waals surface area contributed by atoms with Crippen molar-refractivity contribution >= 4 is 56.8 Å². The average molecular weight is 791 g/mol. The van der Waals surface area contributed by atoms with Crippen LogP contribution in [0.25, 0.3) is 33.3 Å². The first kappa shape index (κ1) is 37.7. The molecule has 2 aromatic carbocycles. The smallest absolute Gasteiger partial charge is 0.270 e. The molecule has 0 aliphatic carbocycles. The SMILES string of the molecule is Cc1cc2c(N3CCN(C)c4nc(-c5ccc(C(=O)NCC#Cc6ccc7occ(C8CCC(=O)NC8=O)c7c6)nc5)ncc43)cc(C3CCOCC3)cc2n(C)c1=O. The third-order valence-electron chi connectivity index (χ3n) is 11.6. The number of ether oxygens (including phenoxy) is 1. The molecule has 7 heterocycles. The largest absolute Gasteiger partial charge is 0.464 e. The van der Waals surface area contributed by atoms with Crippen LogP contribution in [0.15, 0.2) is 76.4 Å². The van der Waals surface area contributed by atoms with Crippen molar-refractivity contribution in [1.82, 2.24) is 30.2 Å². The van der Waals surface area contributed by atoms with Crippen LogP contribution in [-0.4, -0.2) is 77.1 Å². The number of pyridine rings is 2. The summed E-state index contributed by atoms with van der Waals surface area (Å²) in [5.41, 5.74) is 7.60. The summed E-state index contributed by atoms with van der Waals surface area (Å²) in [6.45, 7) is 4.82. The first-order valence-electron chi connectivity index (χ1n) is 19.8. The Kier molecular flexibility index (Phi) is 9.90. The second kappa shape index (κ2) is 15.5. The summed E-state index contributed by atoms with van der Waals surface area (Å²) in [6, 6.07) is 15.3. The highest BCUT2D eigenvalue weighted by Crippen LogP contribution is 2.42. The van der Waals surface area contributed by atoms with Gasteiger partial charge in [0.15, 0.2) is 11.6 Å². The number of imide groups is 1. The molecule has 4 aromatic heterocycles. The minimum Gasteiger partial charge on any atom is -0.464 e. The normalized spacial score (nSPS) is 17.1. The molecular weight excluding hydrogens is 749 g/mol. The number of hydrogen-bond donors (Lipinski definition) is 2. The summed E-state index contributed by atoms with van der Waals surface area (Å²) in [4.78, 5) is 68.8. The van der Waals surface area contributed by atoms with E-state index in [4.69, 9.17) is 19.1 Å². The van der Waals surface area contributed by atoms with Crippen molar-refractivity contribution in [3.05, 3.63) is 105 Å². The molecule has 3 aliphatic rings. The highest BCUT2D eigenvalue weighted by molar-refractivity contribution is 6.03. The summed E-state index contributed by atoms with van der Waals surface area (Å²) in [6.07, 6.45) is 7.56. The molecule has 298 valence electrons. The fraction of sp³-hybridized carbons (Fsp3) is 0.311. The number of furan rings is 1. The van der Waals surface area contributed by atoms with Gasteiger partial charge in [0.2, 0.25) is 11.8 Å². The number of fused-ring (bicyclic) bond motifs is 3. The van der Waals surface area contributed by atoms with E-state index in [2.05, 4.69) is 49.4 Å². The van der Waals surface area contributed by atoms with E-state index in [0.29, 0.717) is 47.0 Å². The Labute approximate surface area is 339 Å². The number of carbonyl (C=O) groups is 3. The van der Waals surface area contributed by atoms with E-state index in [-0.39, 0.29) is 41.9 Å². The molecule has 14 nitrogen and oxygen atoms in total. The van der Waals surface area contributed by atoms with Gasteiger partial charge in [-0.2, -0.15) is 0 Å². The first-order chi connectivity index (χ1) is 28.6. The van der Waals surface area contributed by atoms with Gasteiger partial charge in [-0.15, -0.1) is 0 Å². The number of rotatable bonds is 6. The molecular formula is C45H42N8O6. The number of amides is 3. The summed E-state index contributed by atoms with van der Waals surface area (Å²) in [7, 11) is 3.86. The van der Waals surface area contributed by atoms with Crippen molar-refractivity contribution in [1.29, 1.82) is 0 Å². The number of anilines is 3. The molecule has 0 saturated carbocycles. The Morgan fingerprint density at radius 1 is 0.949 bits per heavy atom. The average Bonchev–Trinajstić information content (AvgIpc) is 3.67. The highest BCUT2D eigenvalue weighted by atomic mass is 16.5. The second-order valence-electron chi connectivity index (χ2n) is 15.3. The van der Waals surface area contributed by atoms with E-state index in [1.54, 1.807) is 35.2 Å². The van der Waals surface area contributed by atoms with Crippen molar-refractivity contribution in [2.24, 2.45) is 7.05 Å². The summed E-state index contributed by atoms with van der Waals surface area (Å²) in [5.74, 6) is 6.19. The molecule has 2 fully saturated rings. The van der Waals surface area contributed by atoms with Gasteiger partial charge in [0.25, 0.3) is 11.5 Å². The lowest BCUT2D eigenvalue weighted by atomic mass is 9.90. The monoisotopic (exact) mass is 790 g/mol. The molecule has 1 atom stereocenters. The van der Waals surface area contributed by atoms with E-state index in [9.17, 15) is 19.2 Å². The Morgan fingerprint density at radius 2 is 1.80 bits per heavy atom. The Hall–Kier alpha value is -6.85. The van der Waals surface area contributed by atoms with Crippen LogP contribution in [0.2, 0.25) is 0 Å². The maximum atomic E-state index is 13.1. The van der Waals surface area contributed by atoms with Crippen LogP contribution in [-0.2, 0) is 21.4 Å². The van der Waals surface area contributed by atoms with Gasteiger partial charge in [-0.3, -0.25) is 29.5 Å². The van der Waals surface area contributed by atoms with E-state index in [1.807, 2.05) is 45.4 Å². The Bertz CT molecular complexity index is 2790. The van der Waals surface area contributed by atoms with Gasteiger partial charge in [0, 0.05) is 86.0 Å². The van der Waals surface area contributed by atoms with Gasteiger partial charge in [0.1, 0.15) is 17.0 Å². The van der Waals surface area contributed by atoms with Gasteiger partial charge in [-0.25, -0.2) is 9.97 Å². The lowest BCUT2D eigenvalue weighted by Gasteiger charge is -2.37. The zero-order valence-corrected chi connectivity index (χ0v) is 33.0. The van der Waals surface area contributed by atoms with E-state index < -0.39 is 5.92 Å². The predicted octanol–water partition coefficient (Wildman–Crippen LogP) is 5.23. The lowest BCUT2D eigenvalue weighted by molar-refractivity contribution is -0.134. The van der Waals surface area contributed by atoms with Crippen LogP contribution in [0.3, 0.4) is 0 Å². The number of hydrogen-bond acceptors (Lipinski definition) is 11. The lowest BCUT2D eigenvalue weighted by Crippen LogP contribution is -2.39. The molecule has 0 spiro atoms. The number of nitrogens with one attached hydrogen (secondary N) is 2. The maximum absolute atomic E-state index is 13.1. The number of aryl methyl sites for hydroxylation is 2. The number of carbonyl (C=O) groups excluding carboxylic acids is 3. The van der Waals surface area contributed by atoms with Gasteiger partial charge < -0.3 is 28.8 Å². The molecule has 2 saturated heterocycles. The van der Waals surface area contributed by atoms with Gasteiger partial charge in [-0.1, -0.05) is 11.8 Å². The molecule has 2 N–H and O–H groups in total. The van der Waals surface area contributed by atoms with Crippen LogP contribution in [0.5, 0.6) is 0 Å². The molecule has 3 aliphatic heterocycles. The highest BCUT2D eigenvalue weighted by Gasteiger charge is 2.31. The molecule has 1 unspecified atom stereocenters. The summed E-state index contributed by atoms with van der Waals surface area (Å²) in [5, 5.41) is 6.96. The molecule has 0 radical (unpaired) electrons. The van der Waals surface area contributed by atoms with Crippen molar-refractivity contribution in [3.8, 4) is 23.2 Å². The van der Waals surface area contributed by atoms with Crippen molar-refractivity contribution in [3.63, 3.8) is 0 Å². The zero-order chi connectivity index (χ0) is 40.8. The molecule has 14 heteroatoms. The minimum absolute atomic E-state index is 0.00508. The van der Waals surface area contributed by atoms with Crippen molar-refractivity contribution < 1.29 is 23.5 Å². The zero-order valence-electron chi connectivity index (χ0n) is 33.0. The van der Waals surface area contributed by atoms with Crippen LogP contribution in [0, 0.1) is 18.8 Å².